The monoisotopic (exact) mass is 336 g/mol. The molecule has 1 saturated carbocycles. The first-order valence-corrected chi connectivity index (χ1v) is 8.06. The fourth-order valence-electron chi connectivity index (χ4n) is 3.20. The summed E-state index contributed by atoms with van der Waals surface area (Å²) in [6.45, 7) is 0.726. The quantitative estimate of drug-likeness (QED) is 0.643. The molecule has 24 heavy (non-hydrogen) atoms. The number of carbonyl (C=O) groups is 1. The van der Waals surface area contributed by atoms with Crippen LogP contribution in [0.2, 0.25) is 0 Å². The minimum Gasteiger partial charge on any atom is -0.502 e. The van der Waals surface area contributed by atoms with E-state index in [4.69, 9.17) is 9.47 Å². The Hall–Kier alpha value is -2.19. The lowest BCUT2D eigenvalue weighted by Crippen LogP contribution is -2.37. The number of rotatable bonds is 4. The van der Waals surface area contributed by atoms with Gasteiger partial charge in [0.2, 0.25) is 0 Å². The Kier molecular flexibility index (Phi) is 4.68. The zero-order valence-electron chi connectivity index (χ0n) is 13.2. The van der Waals surface area contributed by atoms with Crippen molar-refractivity contribution in [3.63, 3.8) is 0 Å². The van der Waals surface area contributed by atoms with Crippen molar-refractivity contribution in [1.29, 1.82) is 0 Å². The van der Waals surface area contributed by atoms with Gasteiger partial charge in [0.05, 0.1) is 11.5 Å². The van der Waals surface area contributed by atoms with E-state index in [0.29, 0.717) is 13.2 Å². The third kappa shape index (κ3) is 3.49. The number of nitro benzene ring substituents is 1. The van der Waals surface area contributed by atoms with Crippen LogP contribution in [0.1, 0.15) is 42.5 Å². The molecule has 0 aromatic heterocycles. The van der Waals surface area contributed by atoms with E-state index >= 15 is 0 Å². The molecule has 130 valence electrons. The van der Waals surface area contributed by atoms with Gasteiger partial charge >= 0.3 is 5.69 Å². The summed E-state index contributed by atoms with van der Waals surface area (Å²) in [5.74, 6) is -1.44. The maximum Gasteiger partial charge on any atom is 0.310 e. The zero-order chi connectivity index (χ0) is 17.2. The van der Waals surface area contributed by atoms with E-state index in [-0.39, 0.29) is 11.7 Å². The van der Waals surface area contributed by atoms with Gasteiger partial charge in [-0.15, -0.1) is 0 Å². The number of hydrogen-bond acceptors (Lipinski definition) is 6. The van der Waals surface area contributed by atoms with Crippen molar-refractivity contribution in [2.75, 3.05) is 13.2 Å². The Bertz CT molecular complexity index is 641. The molecule has 2 fully saturated rings. The van der Waals surface area contributed by atoms with E-state index in [1.54, 1.807) is 0 Å². The molecule has 1 aliphatic heterocycles. The summed E-state index contributed by atoms with van der Waals surface area (Å²) >= 11 is 0. The molecule has 1 aromatic carbocycles. The average Bonchev–Trinajstić information content (AvgIpc) is 2.95. The molecule has 8 heteroatoms. The van der Waals surface area contributed by atoms with Gasteiger partial charge < -0.3 is 19.9 Å². The molecule has 1 atom stereocenters. The maximum absolute atomic E-state index is 12.1. The number of hydrogen-bond donors (Lipinski definition) is 2. The van der Waals surface area contributed by atoms with Crippen LogP contribution in [0.5, 0.6) is 5.75 Å². The van der Waals surface area contributed by atoms with E-state index < -0.39 is 28.1 Å². The Morgan fingerprint density at radius 3 is 2.79 bits per heavy atom. The van der Waals surface area contributed by atoms with Crippen LogP contribution in [-0.2, 0) is 9.47 Å². The molecule has 2 N–H and O–H groups in total. The second kappa shape index (κ2) is 6.74. The highest BCUT2D eigenvalue weighted by Crippen LogP contribution is 2.37. The van der Waals surface area contributed by atoms with Gasteiger partial charge in [0, 0.05) is 31.0 Å². The van der Waals surface area contributed by atoms with Crippen LogP contribution in [0.25, 0.3) is 0 Å². The number of nitro groups is 1. The number of phenolic OH excluding ortho intramolecular Hbond substituents is 1. The minimum atomic E-state index is -0.704. The second-order valence-electron chi connectivity index (χ2n) is 6.19. The third-order valence-electron chi connectivity index (χ3n) is 4.45. The number of ether oxygens (including phenoxy) is 2. The number of phenols is 1. The van der Waals surface area contributed by atoms with Gasteiger partial charge in [0.25, 0.3) is 5.91 Å². The topological polar surface area (TPSA) is 111 Å². The predicted octanol–water partition coefficient (Wildman–Crippen LogP) is 2.11. The number of nitrogens with one attached hydrogen (secondary N) is 1. The van der Waals surface area contributed by atoms with Gasteiger partial charge in [-0.25, -0.2) is 0 Å². The average molecular weight is 336 g/mol. The summed E-state index contributed by atoms with van der Waals surface area (Å²) in [6.07, 6.45) is 4.92. The zero-order valence-corrected chi connectivity index (χ0v) is 13.2. The van der Waals surface area contributed by atoms with Crippen LogP contribution in [0.3, 0.4) is 0 Å². The van der Waals surface area contributed by atoms with Crippen molar-refractivity contribution >= 4 is 11.6 Å². The highest BCUT2D eigenvalue weighted by molar-refractivity contribution is 5.95. The summed E-state index contributed by atoms with van der Waals surface area (Å²) in [6, 6.07) is 3.50. The first-order valence-electron chi connectivity index (χ1n) is 8.06. The standard InChI is InChI=1S/C16H20N2O6/c19-14-8-11(4-5-13(14)18(21)22)15(20)17-9-12-10-23-16(24-12)6-2-1-3-7-16/h4-5,8,12,19H,1-3,6-7,9-10H2,(H,17,20)/t12-/m0/s1. The lowest BCUT2D eigenvalue weighted by Gasteiger charge is -2.31. The molecule has 1 aliphatic carbocycles. The highest BCUT2D eigenvalue weighted by Gasteiger charge is 2.42. The highest BCUT2D eigenvalue weighted by atomic mass is 16.7. The first kappa shape index (κ1) is 16.7. The summed E-state index contributed by atoms with van der Waals surface area (Å²) in [7, 11) is 0. The van der Waals surface area contributed by atoms with Crippen molar-refractivity contribution in [2.45, 2.75) is 44.0 Å². The molecule has 3 rings (SSSR count). The smallest absolute Gasteiger partial charge is 0.310 e. The first-order chi connectivity index (χ1) is 11.5. The van der Waals surface area contributed by atoms with Gasteiger partial charge in [-0.2, -0.15) is 0 Å². The Balaban J connectivity index is 1.54. The Morgan fingerprint density at radius 2 is 2.12 bits per heavy atom. The molecule has 1 heterocycles. The molecular formula is C16H20N2O6. The molecule has 0 unspecified atom stereocenters. The van der Waals surface area contributed by atoms with Crippen molar-refractivity contribution < 1.29 is 24.3 Å². The minimum absolute atomic E-state index is 0.157. The van der Waals surface area contributed by atoms with Crippen LogP contribution in [0.15, 0.2) is 18.2 Å². The fraction of sp³-hybridized carbons (Fsp3) is 0.562. The summed E-state index contributed by atoms with van der Waals surface area (Å²) in [4.78, 5) is 22.1. The molecule has 2 aliphatic rings. The molecule has 0 bridgehead atoms. The number of benzene rings is 1. The largest absolute Gasteiger partial charge is 0.502 e. The second-order valence-corrected chi connectivity index (χ2v) is 6.19. The van der Waals surface area contributed by atoms with E-state index in [2.05, 4.69) is 5.32 Å². The summed E-state index contributed by atoms with van der Waals surface area (Å²) in [5, 5.41) is 23.0. The molecule has 1 amide bonds. The van der Waals surface area contributed by atoms with Gasteiger partial charge in [-0.05, 0) is 25.0 Å². The van der Waals surface area contributed by atoms with Crippen LogP contribution in [0.4, 0.5) is 5.69 Å². The van der Waals surface area contributed by atoms with Gasteiger partial charge in [-0.1, -0.05) is 6.42 Å². The molecule has 1 saturated heterocycles. The summed E-state index contributed by atoms with van der Waals surface area (Å²) in [5.41, 5.74) is -0.275. The lowest BCUT2D eigenvalue weighted by molar-refractivity contribution is -0.385. The number of nitrogens with zero attached hydrogens (tertiary/aromatic N) is 1. The van der Waals surface area contributed by atoms with E-state index in [1.165, 1.54) is 12.5 Å². The van der Waals surface area contributed by atoms with Crippen LogP contribution >= 0.6 is 0 Å². The van der Waals surface area contributed by atoms with Gasteiger partial charge in [0.15, 0.2) is 11.5 Å². The van der Waals surface area contributed by atoms with Crippen molar-refractivity contribution in [3.05, 3.63) is 33.9 Å². The lowest BCUT2D eigenvalue weighted by atomic mass is 9.94. The third-order valence-corrected chi connectivity index (χ3v) is 4.45. The van der Waals surface area contributed by atoms with E-state index in [0.717, 1.165) is 37.8 Å². The van der Waals surface area contributed by atoms with Crippen LogP contribution in [0, 0.1) is 10.1 Å². The van der Waals surface area contributed by atoms with Crippen molar-refractivity contribution in [2.24, 2.45) is 0 Å². The number of amides is 1. The maximum atomic E-state index is 12.1. The Morgan fingerprint density at radius 1 is 1.38 bits per heavy atom. The molecule has 8 nitrogen and oxygen atoms in total. The van der Waals surface area contributed by atoms with E-state index in [9.17, 15) is 20.0 Å². The van der Waals surface area contributed by atoms with Crippen LogP contribution in [-0.4, -0.2) is 41.0 Å². The molecular weight excluding hydrogens is 316 g/mol. The Labute approximate surface area is 138 Å². The SMILES string of the molecule is O=C(NC[C@H]1COC2(CCCCC2)O1)c1ccc([N+](=O)[O-])c(O)c1. The summed E-state index contributed by atoms with van der Waals surface area (Å²) < 4.78 is 11.8. The number of aromatic hydroxyl groups is 1. The van der Waals surface area contributed by atoms with Crippen molar-refractivity contribution in [3.8, 4) is 5.75 Å². The normalized spacial score (nSPS) is 22.4. The van der Waals surface area contributed by atoms with Gasteiger partial charge in [0.1, 0.15) is 6.10 Å². The molecule has 0 radical (unpaired) electrons. The van der Waals surface area contributed by atoms with Gasteiger partial charge in [-0.3, -0.25) is 14.9 Å². The fourth-order valence-corrected chi connectivity index (χ4v) is 3.20. The number of carbonyl (C=O) groups excluding carboxylic acids is 1. The van der Waals surface area contributed by atoms with Crippen molar-refractivity contribution in [1.82, 2.24) is 5.32 Å². The molecule has 1 aromatic rings. The van der Waals surface area contributed by atoms with Crippen LogP contribution < -0.4 is 5.32 Å². The molecule has 1 spiro atoms. The van der Waals surface area contributed by atoms with E-state index in [1.807, 2.05) is 0 Å². The predicted molar refractivity (Wildman–Crippen MR) is 83.7 cm³/mol.